The average molecular weight is 339 g/mol. The average Bonchev–Trinajstić information content (AvgIpc) is 2.67. The van der Waals surface area contributed by atoms with Crippen molar-refractivity contribution in [3.05, 3.63) is 65.7 Å². The number of amides is 1. The minimum Gasteiger partial charge on any atom is -0.493 e. The normalized spacial score (nSPS) is 17.3. The smallest absolute Gasteiger partial charge is 0.222 e. The molecule has 1 heterocycles. The largest absolute Gasteiger partial charge is 0.493 e. The fourth-order valence-electron chi connectivity index (χ4n) is 3.03. The molecule has 0 bridgehead atoms. The molecule has 1 amide bonds. The summed E-state index contributed by atoms with van der Waals surface area (Å²) in [6.45, 7) is 4.47. The second-order valence-electron chi connectivity index (χ2n) is 6.33. The highest BCUT2D eigenvalue weighted by molar-refractivity contribution is 5.76. The predicted molar refractivity (Wildman–Crippen MR) is 97.6 cm³/mol. The van der Waals surface area contributed by atoms with Gasteiger partial charge in [0.1, 0.15) is 11.9 Å². The van der Waals surface area contributed by atoms with E-state index in [4.69, 9.17) is 9.47 Å². The van der Waals surface area contributed by atoms with Crippen LogP contribution in [0.4, 0.5) is 0 Å². The maximum Gasteiger partial charge on any atom is 0.222 e. The fourth-order valence-corrected chi connectivity index (χ4v) is 3.03. The lowest BCUT2D eigenvalue weighted by Gasteiger charge is -2.33. The predicted octanol–water partition coefficient (Wildman–Crippen LogP) is 3.75. The molecule has 25 heavy (non-hydrogen) atoms. The number of ether oxygens (including phenoxy) is 2. The summed E-state index contributed by atoms with van der Waals surface area (Å²) in [5.74, 6) is 1.07. The summed E-state index contributed by atoms with van der Waals surface area (Å²) in [7, 11) is 0. The van der Waals surface area contributed by atoms with E-state index in [1.165, 1.54) is 0 Å². The number of aryl methyl sites for hydroxylation is 1. The molecule has 0 aromatic heterocycles. The number of carbonyl (C=O) groups is 1. The minimum atomic E-state index is -0.0258. The summed E-state index contributed by atoms with van der Waals surface area (Å²) in [4.78, 5) is 14.4. The van der Waals surface area contributed by atoms with Gasteiger partial charge in [-0.15, -0.1) is 0 Å². The lowest BCUT2D eigenvalue weighted by molar-refractivity contribution is -0.139. The Morgan fingerprint density at radius 2 is 1.92 bits per heavy atom. The quantitative estimate of drug-likeness (QED) is 0.752. The van der Waals surface area contributed by atoms with E-state index in [9.17, 15) is 4.79 Å². The van der Waals surface area contributed by atoms with Crippen molar-refractivity contribution >= 4 is 5.91 Å². The van der Waals surface area contributed by atoms with Gasteiger partial charge in [-0.05, 0) is 30.5 Å². The number of hydrogen-bond acceptors (Lipinski definition) is 3. The monoisotopic (exact) mass is 339 g/mol. The number of para-hydroxylation sites is 1. The fraction of sp³-hybridized carbons (Fsp3) is 0.381. The van der Waals surface area contributed by atoms with Gasteiger partial charge in [-0.3, -0.25) is 4.79 Å². The van der Waals surface area contributed by atoms with Crippen LogP contribution < -0.4 is 4.74 Å². The first kappa shape index (κ1) is 17.5. The van der Waals surface area contributed by atoms with Gasteiger partial charge in [0.2, 0.25) is 5.91 Å². The van der Waals surface area contributed by atoms with Crippen LogP contribution >= 0.6 is 0 Å². The van der Waals surface area contributed by atoms with Crippen LogP contribution in [-0.2, 0) is 9.53 Å². The third-order valence-electron chi connectivity index (χ3n) is 4.48. The number of carbonyl (C=O) groups excluding carboxylic acids is 1. The highest BCUT2D eigenvalue weighted by atomic mass is 16.5. The van der Waals surface area contributed by atoms with E-state index in [-0.39, 0.29) is 12.0 Å². The van der Waals surface area contributed by atoms with Crippen LogP contribution in [0.1, 0.15) is 30.1 Å². The van der Waals surface area contributed by atoms with Gasteiger partial charge in [0, 0.05) is 13.0 Å². The third kappa shape index (κ3) is 4.83. The minimum absolute atomic E-state index is 0.0258. The Kier molecular flexibility index (Phi) is 6.07. The van der Waals surface area contributed by atoms with Crippen LogP contribution in [-0.4, -0.2) is 37.1 Å². The molecule has 0 radical (unpaired) electrons. The van der Waals surface area contributed by atoms with E-state index in [0.717, 1.165) is 23.3 Å². The zero-order valence-electron chi connectivity index (χ0n) is 14.7. The van der Waals surface area contributed by atoms with Crippen molar-refractivity contribution < 1.29 is 14.3 Å². The van der Waals surface area contributed by atoms with Crippen LogP contribution in [0.3, 0.4) is 0 Å². The molecule has 1 unspecified atom stereocenters. The van der Waals surface area contributed by atoms with Gasteiger partial charge in [-0.2, -0.15) is 0 Å². The van der Waals surface area contributed by atoms with Crippen molar-refractivity contribution in [2.24, 2.45) is 0 Å². The second-order valence-corrected chi connectivity index (χ2v) is 6.33. The van der Waals surface area contributed by atoms with Gasteiger partial charge < -0.3 is 14.4 Å². The van der Waals surface area contributed by atoms with E-state index in [1.54, 1.807) is 0 Å². The number of benzene rings is 2. The maximum atomic E-state index is 12.5. The van der Waals surface area contributed by atoms with Crippen LogP contribution in [0.5, 0.6) is 5.75 Å². The Morgan fingerprint density at radius 3 is 2.72 bits per heavy atom. The number of rotatable bonds is 6. The molecule has 0 aliphatic carbocycles. The molecular formula is C21H25NO3. The number of hydrogen-bond donors (Lipinski definition) is 0. The van der Waals surface area contributed by atoms with Crippen molar-refractivity contribution in [2.45, 2.75) is 25.9 Å². The van der Waals surface area contributed by atoms with E-state index in [0.29, 0.717) is 32.7 Å². The van der Waals surface area contributed by atoms with E-state index in [1.807, 2.05) is 54.3 Å². The Labute approximate surface area is 149 Å². The molecule has 1 aliphatic heterocycles. The molecular weight excluding hydrogens is 314 g/mol. The first-order valence-electron chi connectivity index (χ1n) is 8.87. The molecule has 2 aromatic carbocycles. The topological polar surface area (TPSA) is 38.8 Å². The van der Waals surface area contributed by atoms with Gasteiger partial charge >= 0.3 is 0 Å². The zero-order chi connectivity index (χ0) is 17.5. The second kappa shape index (κ2) is 8.67. The van der Waals surface area contributed by atoms with Gasteiger partial charge in [0.05, 0.1) is 19.8 Å². The molecule has 0 N–H and O–H groups in total. The summed E-state index contributed by atoms with van der Waals surface area (Å²) in [5, 5.41) is 0. The molecule has 132 valence electrons. The van der Waals surface area contributed by atoms with E-state index < -0.39 is 0 Å². The molecule has 0 saturated carbocycles. The zero-order valence-corrected chi connectivity index (χ0v) is 14.7. The van der Waals surface area contributed by atoms with E-state index in [2.05, 4.69) is 12.1 Å². The summed E-state index contributed by atoms with van der Waals surface area (Å²) in [5.41, 5.74) is 2.25. The van der Waals surface area contributed by atoms with Crippen molar-refractivity contribution in [2.75, 3.05) is 26.3 Å². The third-order valence-corrected chi connectivity index (χ3v) is 4.48. The Balaban J connectivity index is 1.44. The van der Waals surface area contributed by atoms with Gasteiger partial charge in [0.15, 0.2) is 0 Å². The highest BCUT2D eigenvalue weighted by Crippen LogP contribution is 2.22. The summed E-state index contributed by atoms with van der Waals surface area (Å²) < 4.78 is 11.6. The van der Waals surface area contributed by atoms with Crippen molar-refractivity contribution in [1.29, 1.82) is 0 Å². The molecule has 1 atom stereocenters. The number of nitrogens with zero attached hydrogens (tertiary/aromatic N) is 1. The van der Waals surface area contributed by atoms with Crippen molar-refractivity contribution in [3.63, 3.8) is 0 Å². The molecule has 1 fully saturated rings. The van der Waals surface area contributed by atoms with E-state index >= 15 is 0 Å². The molecule has 1 aliphatic rings. The maximum absolute atomic E-state index is 12.5. The van der Waals surface area contributed by atoms with Crippen LogP contribution in [0.2, 0.25) is 0 Å². The van der Waals surface area contributed by atoms with Crippen LogP contribution in [0, 0.1) is 6.92 Å². The van der Waals surface area contributed by atoms with Crippen LogP contribution in [0.25, 0.3) is 0 Å². The Hall–Kier alpha value is -2.33. The molecule has 1 saturated heterocycles. The standard InChI is InChI=1S/C21H25NO3/c1-17-8-5-6-11-19(17)24-14-7-12-21(23)22-13-15-25-20(16-22)18-9-3-2-4-10-18/h2-6,8-11,20H,7,12-16H2,1H3. The van der Waals surface area contributed by atoms with Gasteiger partial charge in [-0.25, -0.2) is 0 Å². The molecule has 4 heteroatoms. The lowest BCUT2D eigenvalue weighted by atomic mass is 10.1. The Morgan fingerprint density at radius 1 is 1.16 bits per heavy atom. The van der Waals surface area contributed by atoms with Gasteiger partial charge in [-0.1, -0.05) is 48.5 Å². The number of morpholine rings is 1. The van der Waals surface area contributed by atoms with Crippen molar-refractivity contribution in [3.8, 4) is 5.75 Å². The molecule has 2 aromatic rings. The lowest BCUT2D eigenvalue weighted by Crippen LogP contribution is -2.42. The van der Waals surface area contributed by atoms with Gasteiger partial charge in [0.25, 0.3) is 0 Å². The summed E-state index contributed by atoms with van der Waals surface area (Å²) in [6.07, 6.45) is 1.20. The van der Waals surface area contributed by atoms with Crippen molar-refractivity contribution in [1.82, 2.24) is 4.90 Å². The Bertz CT molecular complexity index is 687. The molecule has 4 nitrogen and oxygen atoms in total. The summed E-state index contributed by atoms with van der Waals surface area (Å²) >= 11 is 0. The first-order valence-corrected chi connectivity index (χ1v) is 8.87. The highest BCUT2D eigenvalue weighted by Gasteiger charge is 2.24. The molecule has 3 rings (SSSR count). The summed E-state index contributed by atoms with van der Waals surface area (Å²) in [6, 6.07) is 18.0. The molecule has 0 spiro atoms. The first-order chi connectivity index (χ1) is 12.2. The SMILES string of the molecule is Cc1ccccc1OCCCC(=O)N1CCOC(c2ccccc2)C1. The van der Waals surface area contributed by atoms with Crippen LogP contribution in [0.15, 0.2) is 54.6 Å².